The topological polar surface area (TPSA) is 32.3 Å². The zero-order valence-electron chi connectivity index (χ0n) is 12.7. The monoisotopic (exact) mass is 348 g/mol. The number of fused-ring (bicyclic) bond motifs is 1. The molecule has 120 valence electrons. The molecule has 0 radical (unpaired) electrons. The summed E-state index contributed by atoms with van der Waals surface area (Å²) in [6, 6.07) is 13.5. The van der Waals surface area contributed by atoms with Crippen LogP contribution in [0, 0.1) is 0 Å². The molecule has 5 heteroatoms. The molecule has 1 aliphatic heterocycles. The number of hydrogen-bond acceptors (Lipinski definition) is 2. The van der Waals surface area contributed by atoms with Gasteiger partial charge in [0, 0.05) is 31.1 Å². The van der Waals surface area contributed by atoms with E-state index in [9.17, 15) is 4.79 Å². The summed E-state index contributed by atoms with van der Waals surface area (Å²) in [5.74, 6) is -0.0481. The van der Waals surface area contributed by atoms with Crippen LogP contribution in [0.2, 0.25) is 10.0 Å². The van der Waals surface area contributed by atoms with Gasteiger partial charge in [-0.1, -0.05) is 47.5 Å². The Kier molecular flexibility index (Phi) is 5.21. The minimum atomic E-state index is -0.0481. The number of nitrogens with one attached hydrogen (secondary N) is 1. The maximum absolute atomic E-state index is 12.1. The predicted octanol–water partition coefficient (Wildman–Crippen LogP) is 4.38. The molecule has 0 fully saturated rings. The van der Waals surface area contributed by atoms with E-state index >= 15 is 0 Å². The molecule has 0 unspecified atom stereocenters. The van der Waals surface area contributed by atoms with Crippen molar-refractivity contribution in [3.8, 4) is 0 Å². The Morgan fingerprint density at radius 1 is 1.13 bits per heavy atom. The van der Waals surface area contributed by atoms with Crippen molar-refractivity contribution in [3.05, 3.63) is 63.6 Å². The number of anilines is 1. The van der Waals surface area contributed by atoms with Gasteiger partial charge in [-0.3, -0.25) is 9.69 Å². The van der Waals surface area contributed by atoms with Crippen LogP contribution in [0.3, 0.4) is 0 Å². The normalized spacial score (nSPS) is 14.3. The van der Waals surface area contributed by atoms with Crippen molar-refractivity contribution < 1.29 is 4.79 Å². The van der Waals surface area contributed by atoms with E-state index in [2.05, 4.69) is 34.5 Å². The quantitative estimate of drug-likeness (QED) is 0.888. The van der Waals surface area contributed by atoms with Crippen LogP contribution in [0.5, 0.6) is 0 Å². The molecule has 23 heavy (non-hydrogen) atoms. The number of benzene rings is 2. The number of carbonyl (C=O) groups excluding carboxylic acids is 1. The molecule has 1 amide bonds. The summed E-state index contributed by atoms with van der Waals surface area (Å²) >= 11 is 12.0. The minimum absolute atomic E-state index is 0.0481. The first-order chi connectivity index (χ1) is 11.1. The molecular weight excluding hydrogens is 331 g/mol. The first-order valence-electron chi connectivity index (χ1n) is 7.66. The summed E-state index contributed by atoms with van der Waals surface area (Å²) in [5.41, 5.74) is 3.34. The molecule has 1 aliphatic rings. The summed E-state index contributed by atoms with van der Waals surface area (Å²) in [4.78, 5) is 14.4. The molecule has 1 N–H and O–H groups in total. The molecule has 0 aromatic heterocycles. The van der Waals surface area contributed by atoms with Crippen LogP contribution < -0.4 is 5.32 Å². The molecule has 0 spiro atoms. The molecule has 3 rings (SSSR count). The second-order valence-corrected chi connectivity index (χ2v) is 6.56. The number of hydrogen-bond donors (Lipinski definition) is 1. The second kappa shape index (κ2) is 7.35. The van der Waals surface area contributed by atoms with Crippen molar-refractivity contribution in [1.82, 2.24) is 4.90 Å². The molecular formula is C18H18Cl2N2O. The highest BCUT2D eigenvalue weighted by atomic mass is 35.5. The highest BCUT2D eigenvalue weighted by Gasteiger charge is 2.16. The Balaban J connectivity index is 1.53. The Labute approximate surface area is 146 Å². The molecule has 0 saturated heterocycles. The van der Waals surface area contributed by atoms with Gasteiger partial charge < -0.3 is 5.32 Å². The van der Waals surface area contributed by atoms with E-state index in [1.165, 1.54) is 11.1 Å². The lowest BCUT2D eigenvalue weighted by Gasteiger charge is -2.28. The minimum Gasteiger partial charge on any atom is -0.325 e. The maximum atomic E-state index is 12.1. The fraction of sp³-hybridized carbons (Fsp3) is 0.278. The van der Waals surface area contributed by atoms with Crippen LogP contribution in [0.1, 0.15) is 17.5 Å². The van der Waals surface area contributed by atoms with E-state index in [1.54, 1.807) is 18.2 Å². The van der Waals surface area contributed by atoms with Crippen molar-refractivity contribution in [3.63, 3.8) is 0 Å². The average molecular weight is 349 g/mol. The fourth-order valence-electron chi connectivity index (χ4n) is 2.81. The lowest BCUT2D eigenvalue weighted by atomic mass is 10.00. The van der Waals surface area contributed by atoms with Crippen LogP contribution in [0.15, 0.2) is 42.5 Å². The Morgan fingerprint density at radius 2 is 1.91 bits per heavy atom. The van der Waals surface area contributed by atoms with Gasteiger partial charge in [0.15, 0.2) is 0 Å². The molecule has 0 bridgehead atoms. The molecule has 1 heterocycles. The van der Waals surface area contributed by atoms with Crippen LogP contribution in [-0.4, -0.2) is 23.9 Å². The van der Waals surface area contributed by atoms with Crippen molar-refractivity contribution in [2.24, 2.45) is 0 Å². The largest absolute Gasteiger partial charge is 0.325 e. The SMILES string of the molecule is O=C(CCN1CCc2ccccc2C1)Nc1cc(Cl)ccc1Cl. The standard InChI is InChI=1S/C18H18Cl2N2O/c19-15-5-6-16(20)17(11-15)21-18(23)8-10-22-9-7-13-3-1-2-4-14(13)12-22/h1-6,11H,7-10,12H2,(H,21,23). The molecule has 0 saturated carbocycles. The lowest BCUT2D eigenvalue weighted by Crippen LogP contribution is -2.33. The summed E-state index contributed by atoms with van der Waals surface area (Å²) < 4.78 is 0. The van der Waals surface area contributed by atoms with Crippen LogP contribution in [0.25, 0.3) is 0 Å². The third-order valence-electron chi connectivity index (χ3n) is 4.07. The van der Waals surface area contributed by atoms with E-state index in [-0.39, 0.29) is 5.91 Å². The zero-order valence-corrected chi connectivity index (χ0v) is 14.2. The van der Waals surface area contributed by atoms with Crippen molar-refractivity contribution in [1.29, 1.82) is 0 Å². The van der Waals surface area contributed by atoms with E-state index in [4.69, 9.17) is 23.2 Å². The number of halogens is 2. The smallest absolute Gasteiger partial charge is 0.225 e. The van der Waals surface area contributed by atoms with E-state index in [1.807, 2.05) is 0 Å². The van der Waals surface area contributed by atoms with E-state index in [0.717, 1.165) is 26.1 Å². The number of nitrogens with zero attached hydrogens (tertiary/aromatic N) is 1. The van der Waals surface area contributed by atoms with Gasteiger partial charge in [0.05, 0.1) is 10.7 Å². The third-order valence-corrected chi connectivity index (χ3v) is 4.63. The Hall–Kier alpha value is -1.55. The highest BCUT2D eigenvalue weighted by Crippen LogP contribution is 2.25. The van der Waals surface area contributed by atoms with Crippen LogP contribution in [-0.2, 0) is 17.8 Å². The van der Waals surface area contributed by atoms with Gasteiger partial charge in [-0.25, -0.2) is 0 Å². The fourth-order valence-corrected chi connectivity index (χ4v) is 3.15. The Morgan fingerprint density at radius 3 is 2.74 bits per heavy atom. The van der Waals surface area contributed by atoms with Gasteiger partial charge >= 0.3 is 0 Å². The number of rotatable bonds is 4. The maximum Gasteiger partial charge on any atom is 0.225 e. The number of carbonyl (C=O) groups is 1. The summed E-state index contributed by atoms with van der Waals surface area (Å²) in [7, 11) is 0. The highest BCUT2D eigenvalue weighted by molar-refractivity contribution is 6.35. The van der Waals surface area contributed by atoms with Crippen LogP contribution >= 0.6 is 23.2 Å². The summed E-state index contributed by atoms with van der Waals surface area (Å²) in [6.07, 6.45) is 1.48. The van der Waals surface area contributed by atoms with Crippen molar-refractivity contribution in [2.75, 3.05) is 18.4 Å². The second-order valence-electron chi connectivity index (χ2n) is 5.72. The van der Waals surface area contributed by atoms with E-state index in [0.29, 0.717) is 22.2 Å². The first-order valence-corrected chi connectivity index (χ1v) is 8.41. The van der Waals surface area contributed by atoms with Gasteiger partial charge in [-0.15, -0.1) is 0 Å². The number of amides is 1. The van der Waals surface area contributed by atoms with Crippen molar-refractivity contribution >= 4 is 34.8 Å². The average Bonchev–Trinajstić information content (AvgIpc) is 2.56. The molecule has 0 aliphatic carbocycles. The first kappa shape index (κ1) is 16.3. The van der Waals surface area contributed by atoms with Gasteiger partial charge in [-0.05, 0) is 35.7 Å². The summed E-state index contributed by atoms with van der Waals surface area (Å²) in [5, 5.41) is 3.88. The van der Waals surface area contributed by atoms with Gasteiger partial charge in [0.25, 0.3) is 0 Å². The lowest BCUT2D eigenvalue weighted by molar-refractivity contribution is -0.116. The summed E-state index contributed by atoms with van der Waals surface area (Å²) in [6.45, 7) is 2.63. The third kappa shape index (κ3) is 4.25. The van der Waals surface area contributed by atoms with E-state index < -0.39 is 0 Å². The van der Waals surface area contributed by atoms with Crippen molar-refractivity contribution in [2.45, 2.75) is 19.4 Å². The zero-order chi connectivity index (χ0) is 16.2. The van der Waals surface area contributed by atoms with Gasteiger partial charge in [0.2, 0.25) is 5.91 Å². The molecule has 2 aromatic rings. The molecule has 0 atom stereocenters. The Bertz CT molecular complexity index is 718. The van der Waals surface area contributed by atoms with Gasteiger partial charge in [0.1, 0.15) is 0 Å². The predicted molar refractivity (Wildman–Crippen MR) is 95.1 cm³/mol. The molecule has 2 aromatic carbocycles. The molecule has 3 nitrogen and oxygen atoms in total. The van der Waals surface area contributed by atoms with Crippen LogP contribution in [0.4, 0.5) is 5.69 Å². The van der Waals surface area contributed by atoms with Gasteiger partial charge in [-0.2, -0.15) is 0 Å².